The van der Waals surface area contributed by atoms with Crippen molar-refractivity contribution in [3.63, 3.8) is 0 Å². The molecule has 0 aliphatic rings. The Morgan fingerprint density at radius 2 is 1.86 bits per heavy atom. The lowest BCUT2D eigenvalue weighted by molar-refractivity contribution is -0.137. The summed E-state index contributed by atoms with van der Waals surface area (Å²) in [5.41, 5.74) is -1.08. The summed E-state index contributed by atoms with van der Waals surface area (Å²) < 4.78 is 57.4. The van der Waals surface area contributed by atoms with E-state index in [1.165, 1.54) is 30.3 Å². The standard InChI is InChI=1S/C17H10ClF4N3O2S/c18-12-3-1-2-11(17(20,21)22)14(12)23-13(26)8-28-16-25-24-15(27-16)9-4-6-10(19)7-5-9/h1-7H,8H2,(H,23,26). The van der Waals surface area contributed by atoms with Crippen LogP contribution in [0.15, 0.2) is 52.1 Å². The summed E-state index contributed by atoms with van der Waals surface area (Å²) in [7, 11) is 0. The van der Waals surface area contributed by atoms with E-state index in [-0.39, 0.29) is 21.9 Å². The van der Waals surface area contributed by atoms with Crippen molar-refractivity contribution in [3.05, 3.63) is 58.9 Å². The number of nitrogens with one attached hydrogen (secondary N) is 1. The molecule has 1 amide bonds. The molecule has 0 bridgehead atoms. The average molecular weight is 432 g/mol. The van der Waals surface area contributed by atoms with E-state index < -0.39 is 29.2 Å². The molecule has 0 unspecified atom stereocenters. The van der Waals surface area contributed by atoms with Crippen LogP contribution in [0.1, 0.15) is 5.56 Å². The van der Waals surface area contributed by atoms with E-state index in [0.717, 1.165) is 23.9 Å². The fraction of sp³-hybridized carbons (Fsp3) is 0.118. The average Bonchev–Trinajstić information content (AvgIpc) is 3.10. The molecular formula is C17H10ClF4N3O2S. The first-order valence-electron chi connectivity index (χ1n) is 7.62. The number of alkyl halides is 3. The third-order valence-electron chi connectivity index (χ3n) is 3.41. The van der Waals surface area contributed by atoms with E-state index in [1.54, 1.807) is 0 Å². The molecule has 11 heteroatoms. The maximum atomic E-state index is 13.0. The second-order valence-corrected chi connectivity index (χ2v) is 6.71. The van der Waals surface area contributed by atoms with Crippen LogP contribution in [0, 0.1) is 5.82 Å². The number of rotatable bonds is 5. The Morgan fingerprint density at radius 3 is 2.54 bits per heavy atom. The van der Waals surface area contributed by atoms with E-state index in [9.17, 15) is 22.4 Å². The van der Waals surface area contributed by atoms with Gasteiger partial charge < -0.3 is 9.73 Å². The van der Waals surface area contributed by atoms with Crippen molar-refractivity contribution in [3.8, 4) is 11.5 Å². The van der Waals surface area contributed by atoms with Gasteiger partial charge in [0, 0.05) is 5.56 Å². The van der Waals surface area contributed by atoms with Crippen LogP contribution in [0.4, 0.5) is 23.2 Å². The Labute approximate surface area is 165 Å². The molecule has 3 aromatic rings. The zero-order valence-electron chi connectivity index (χ0n) is 13.8. The minimum atomic E-state index is -4.67. The number of hydrogen-bond acceptors (Lipinski definition) is 5. The first-order chi connectivity index (χ1) is 13.2. The monoisotopic (exact) mass is 431 g/mol. The van der Waals surface area contributed by atoms with Gasteiger partial charge in [0.15, 0.2) is 0 Å². The van der Waals surface area contributed by atoms with Gasteiger partial charge in [-0.05, 0) is 36.4 Å². The maximum Gasteiger partial charge on any atom is 0.418 e. The van der Waals surface area contributed by atoms with Crippen molar-refractivity contribution in [2.45, 2.75) is 11.4 Å². The summed E-state index contributed by atoms with van der Waals surface area (Å²) in [6.45, 7) is 0. The van der Waals surface area contributed by atoms with Gasteiger partial charge in [-0.2, -0.15) is 13.2 Å². The normalized spacial score (nSPS) is 11.5. The molecule has 1 heterocycles. The van der Waals surface area contributed by atoms with Crippen molar-refractivity contribution < 1.29 is 26.8 Å². The topological polar surface area (TPSA) is 68.0 Å². The Morgan fingerprint density at radius 1 is 1.14 bits per heavy atom. The number of benzene rings is 2. The van der Waals surface area contributed by atoms with Crippen molar-refractivity contribution in [1.82, 2.24) is 10.2 Å². The predicted octanol–water partition coefficient (Wildman–Crippen LogP) is 5.28. The van der Waals surface area contributed by atoms with Gasteiger partial charge in [0.2, 0.25) is 11.8 Å². The summed E-state index contributed by atoms with van der Waals surface area (Å²) in [5.74, 6) is -1.32. The van der Waals surface area contributed by atoms with Gasteiger partial charge in [-0.1, -0.05) is 29.4 Å². The van der Waals surface area contributed by atoms with Crippen molar-refractivity contribution >= 4 is 35.0 Å². The van der Waals surface area contributed by atoms with Gasteiger partial charge in [-0.25, -0.2) is 4.39 Å². The molecule has 1 N–H and O–H groups in total. The number of hydrogen-bond donors (Lipinski definition) is 1. The number of carbonyl (C=O) groups is 1. The molecule has 0 saturated carbocycles. The lowest BCUT2D eigenvalue weighted by atomic mass is 10.1. The largest absolute Gasteiger partial charge is 0.418 e. The van der Waals surface area contributed by atoms with Gasteiger partial charge in [0.1, 0.15) is 5.82 Å². The third-order valence-corrected chi connectivity index (χ3v) is 4.54. The minimum absolute atomic E-state index is 0.0321. The molecule has 146 valence electrons. The van der Waals surface area contributed by atoms with Gasteiger partial charge in [0.25, 0.3) is 5.22 Å². The Bertz CT molecular complexity index is 993. The summed E-state index contributed by atoms with van der Waals surface area (Å²) in [5, 5.41) is 9.47. The summed E-state index contributed by atoms with van der Waals surface area (Å²) >= 11 is 6.62. The molecule has 0 radical (unpaired) electrons. The molecular weight excluding hydrogens is 422 g/mol. The predicted molar refractivity (Wildman–Crippen MR) is 95.5 cm³/mol. The van der Waals surface area contributed by atoms with E-state index in [0.29, 0.717) is 5.56 Å². The second-order valence-electron chi connectivity index (χ2n) is 5.38. The number of amides is 1. The fourth-order valence-corrected chi connectivity index (χ4v) is 2.95. The smallest absolute Gasteiger partial charge is 0.411 e. The quantitative estimate of drug-likeness (QED) is 0.440. The number of para-hydroxylation sites is 1. The van der Waals surface area contributed by atoms with Crippen LogP contribution in [-0.4, -0.2) is 21.9 Å². The van der Waals surface area contributed by atoms with Crippen LogP contribution in [0.2, 0.25) is 5.02 Å². The first kappa shape index (κ1) is 20.2. The van der Waals surface area contributed by atoms with E-state index in [4.69, 9.17) is 16.0 Å². The molecule has 0 aliphatic heterocycles. The Kier molecular flexibility index (Phi) is 5.90. The van der Waals surface area contributed by atoms with Crippen LogP contribution in [0.25, 0.3) is 11.5 Å². The van der Waals surface area contributed by atoms with Crippen LogP contribution in [0.3, 0.4) is 0 Å². The maximum absolute atomic E-state index is 13.0. The summed E-state index contributed by atoms with van der Waals surface area (Å²) in [4.78, 5) is 12.0. The van der Waals surface area contributed by atoms with Crippen molar-refractivity contribution in [1.29, 1.82) is 0 Å². The van der Waals surface area contributed by atoms with Crippen LogP contribution >= 0.6 is 23.4 Å². The van der Waals surface area contributed by atoms with Gasteiger partial charge >= 0.3 is 6.18 Å². The summed E-state index contributed by atoms with van der Waals surface area (Å²) in [6, 6.07) is 8.54. The number of nitrogens with zero attached hydrogens (tertiary/aromatic N) is 2. The highest BCUT2D eigenvalue weighted by Gasteiger charge is 2.34. The highest BCUT2D eigenvalue weighted by molar-refractivity contribution is 7.99. The lowest BCUT2D eigenvalue weighted by Crippen LogP contribution is -2.18. The Hall–Kier alpha value is -2.59. The SMILES string of the molecule is O=C(CSc1nnc(-c2ccc(F)cc2)o1)Nc1c(Cl)cccc1C(F)(F)F. The summed E-state index contributed by atoms with van der Waals surface area (Å²) in [6.07, 6.45) is -4.67. The van der Waals surface area contributed by atoms with E-state index in [1.807, 2.05) is 0 Å². The molecule has 0 atom stereocenters. The minimum Gasteiger partial charge on any atom is -0.411 e. The second kappa shape index (κ2) is 8.19. The lowest BCUT2D eigenvalue weighted by Gasteiger charge is -2.14. The molecule has 0 fully saturated rings. The fourth-order valence-electron chi connectivity index (χ4n) is 2.17. The molecule has 28 heavy (non-hydrogen) atoms. The molecule has 0 aliphatic carbocycles. The number of halogens is 5. The van der Waals surface area contributed by atoms with Crippen LogP contribution in [0.5, 0.6) is 0 Å². The zero-order valence-corrected chi connectivity index (χ0v) is 15.3. The van der Waals surface area contributed by atoms with Crippen LogP contribution in [-0.2, 0) is 11.0 Å². The first-order valence-corrected chi connectivity index (χ1v) is 8.98. The molecule has 0 saturated heterocycles. The molecule has 5 nitrogen and oxygen atoms in total. The molecule has 3 rings (SSSR count). The van der Waals surface area contributed by atoms with Crippen molar-refractivity contribution in [2.75, 3.05) is 11.1 Å². The van der Waals surface area contributed by atoms with E-state index >= 15 is 0 Å². The molecule has 1 aromatic heterocycles. The number of aromatic nitrogens is 2. The third kappa shape index (κ3) is 4.82. The van der Waals surface area contributed by atoms with Crippen LogP contribution < -0.4 is 5.32 Å². The highest BCUT2D eigenvalue weighted by Crippen LogP contribution is 2.38. The van der Waals surface area contributed by atoms with Gasteiger partial charge in [-0.15, -0.1) is 10.2 Å². The van der Waals surface area contributed by atoms with Gasteiger partial charge in [0.05, 0.1) is 22.0 Å². The number of anilines is 1. The zero-order chi connectivity index (χ0) is 20.3. The van der Waals surface area contributed by atoms with Crippen molar-refractivity contribution in [2.24, 2.45) is 0 Å². The molecule has 0 spiro atoms. The highest BCUT2D eigenvalue weighted by atomic mass is 35.5. The number of thioether (sulfide) groups is 1. The van der Waals surface area contributed by atoms with E-state index in [2.05, 4.69) is 15.5 Å². The number of carbonyl (C=O) groups excluding carboxylic acids is 1. The Balaban J connectivity index is 1.65. The molecule has 2 aromatic carbocycles. The van der Waals surface area contributed by atoms with Gasteiger partial charge in [-0.3, -0.25) is 4.79 Å².